The molecule has 2 heterocycles. The fraction of sp³-hybridized carbons (Fsp3) is 0.400. The topological polar surface area (TPSA) is 38.9 Å². The summed E-state index contributed by atoms with van der Waals surface area (Å²) in [6, 6.07) is 10.3. The van der Waals surface area contributed by atoms with Crippen molar-refractivity contribution in [3.63, 3.8) is 0 Å². The molecule has 100 valence electrons. The maximum atomic E-state index is 6.25. The van der Waals surface area contributed by atoms with Crippen LogP contribution in [0.3, 0.4) is 0 Å². The molecule has 1 aliphatic rings. The minimum atomic E-state index is 0.0485. The monoisotopic (exact) mass is 290 g/mol. The first kappa shape index (κ1) is 13.2. The predicted molar refractivity (Wildman–Crippen MR) is 83.6 cm³/mol. The Bertz CT molecular complexity index is 518. The van der Waals surface area contributed by atoms with E-state index in [2.05, 4.69) is 17.5 Å². The second kappa shape index (κ2) is 6.07. The fourth-order valence-corrected chi connectivity index (χ4v) is 4.74. The molecule has 1 fully saturated rings. The molecule has 2 N–H and O–H groups in total. The third-order valence-corrected chi connectivity index (χ3v) is 5.97. The zero-order chi connectivity index (χ0) is 13.1. The zero-order valence-electron chi connectivity index (χ0n) is 10.8. The van der Waals surface area contributed by atoms with E-state index in [1.807, 2.05) is 30.0 Å². The van der Waals surface area contributed by atoms with Crippen molar-refractivity contribution in [3.05, 3.63) is 52.0 Å². The molecule has 0 amide bonds. The van der Waals surface area contributed by atoms with Gasteiger partial charge in [-0.15, -0.1) is 11.3 Å². The first-order valence-electron chi connectivity index (χ1n) is 6.69. The number of aromatic nitrogens is 1. The van der Waals surface area contributed by atoms with Gasteiger partial charge in [0.15, 0.2) is 0 Å². The zero-order valence-corrected chi connectivity index (χ0v) is 12.4. The molecule has 19 heavy (non-hydrogen) atoms. The summed E-state index contributed by atoms with van der Waals surface area (Å²) >= 11 is 3.84. The van der Waals surface area contributed by atoms with Crippen molar-refractivity contribution in [2.45, 2.75) is 30.6 Å². The lowest BCUT2D eigenvalue weighted by Gasteiger charge is -2.10. The molecule has 2 nitrogen and oxygen atoms in total. The number of thiazole rings is 1. The number of rotatable bonds is 4. The first-order chi connectivity index (χ1) is 9.33. The Kier molecular flexibility index (Phi) is 4.21. The molecular formula is C15H18N2S2. The largest absolute Gasteiger partial charge is 0.324 e. The average molecular weight is 290 g/mol. The number of hydrogen-bond acceptors (Lipinski definition) is 4. The highest BCUT2D eigenvalue weighted by atomic mass is 32.2. The van der Waals surface area contributed by atoms with Crippen LogP contribution < -0.4 is 5.73 Å². The second-order valence-corrected chi connectivity index (χ2v) is 7.10. The van der Waals surface area contributed by atoms with Crippen molar-refractivity contribution in [2.24, 2.45) is 5.73 Å². The van der Waals surface area contributed by atoms with E-state index in [4.69, 9.17) is 10.7 Å². The molecule has 1 saturated heterocycles. The van der Waals surface area contributed by atoms with Crippen molar-refractivity contribution in [2.75, 3.05) is 5.75 Å². The van der Waals surface area contributed by atoms with Crippen LogP contribution >= 0.6 is 23.1 Å². The van der Waals surface area contributed by atoms with Crippen molar-refractivity contribution in [3.8, 4) is 0 Å². The van der Waals surface area contributed by atoms with Gasteiger partial charge in [-0.3, -0.25) is 0 Å². The molecule has 4 heteroatoms. The molecule has 0 aliphatic carbocycles. The lowest BCUT2D eigenvalue weighted by Crippen LogP contribution is -2.13. The highest BCUT2D eigenvalue weighted by Gasteiger charge is 2.21. The lowest BCUT2D eigenvalue weighted by atomic mass is 10.0. The number of benzene rings is 1. The molecule has 0 spiro atoms. The molecule has 2 aromatic rings. The Balaban J connectivity index is 1.66. The van der Waals surface area contributed by atoms with Crippen LogP contribution in [0.15, 0.2) is 35.7 Å². The number of thioether (sulfide) groups is 1. The predicted octanol–water partition coefficient (Wildman–Crippen LogP) is 3.95. The molecule has 3 rings (SSSR count). The van der Waals surface area contributed by atoms with Gasteiger partial charge in [0.1, 0.15) is 5.01 Å². The van der Waals surface area contributed by atoms with E-state index in [1.54, 1.807) is 11.3 Å². The molecule has 0 radical (unpaired) electrons. The van der Waals surface area contributed by atoms with Crippen LogP contribution in [0.5, 0.6) is 0 Å². The van der Waals surface area contributed by atoms with Crippen LogP contribution in [0.1, 0.15) is 40.4 Å². The van der Waals surface area contributed by atoms with E-state index in [9.17, 15) is 0 Å². The number of nitrogens with zero attached hydrogens (tertiary/aromatic N) is 1. The van der Waals surface area contributed by atoms with E-state index in [1.165, 1.54) is 29.2 Å². The Morgan fingerprint density at radius 2 is 2.16 bits per heavy atom. The lowest BCUT2D eigenvalue weighted by molar-refractivity contribution is 0.705. The SMILES string of the molecule is NC(Cc1csc(C2CCCS2)n1)c1ccccc1. The van der Waals surface area contributed by atoms with Gasteiger partial charge in [-0.1, -0.05) is 30.3 Å². The van der Waals surface area contributed by atoms with Gasteiger partial charge < -0.3 is 5.73 Å². The maximum absolute atomic E-state index is 6.25. The third kappa shape index (κ3) is 3.19. The summed E-state index contributed by atoms with van der Waals surface area (Å²) < 4.78 is 0. The second-order valence-electron chi connectivity index (χ2n) is 4.90. The van der Waals surface area contributed by atoms with Gasteiger partial charge in [0, 0.05) is 17.8 Å². The summed E-state index contributed by atoms with van der Waals surface area (Å²) in [4.78, 5) is 4.78. The standard InChI is InChI=1S/C15H18N2S2/c16-13(11-5-2-1-3-6-11)9-12-10-19-15(17-12)14-7-4-8-18-14/h1-3,5-6,10,13-14H,4,7-9,16H2. The summed E-state index contributed by atoms with van der Waals surface area (Å²) in [7, 11) is 0. The van der Waals surface area contributed by atoms with Gasteiger partial charge >= 0.3 is 0 Å². The summed E-state index contributed by atoms with van der Waals surface area (Å²) in [6.45, 7) is 0. The molecule has 0 saturated carbocycles. The van der Waals surface area contributed by atoms with Gasteiger partial charge in [0.05, 0.1) is 10.9 Å². The number of nitrogens with two attached hydrogens (primary N) is 1. The van der Waals surface area contributed by atoms with E-state index >= 15 is 0 Å². The molecule has 2 unspecified atom stereocenters. The molecule has 1 aliphatic heterocycles. The first-order valence-corrected chi connectivity index (χ1v) is 8.62. The van der Waals surface area contributed by atoms with Crippen molar-refractivity contribution < 1.29 is 0 Å². The third-order valence-electron chi connectivity index (χ3n) is 3.43. The minimum Gasteiger partial charge on any atom is -0.324 e. The van der Waals surface area contributed by atoms with Crippen molar-refractivity contribution in [1.82, 2.24) is 4.98 Å². The van der Waals surface area contributed by atoms with Crippen LogP contribution in [0, 0.1) is 0 Å². The van der Waals surface area contributed by atoms with Crippen molar-refractivity contribution in [1.29, 1.82) is 0 Å². The molecule has 0 bridgehead atoms. The Morgan fingerprint density at radius 1 is 1.32 bits per heavy atom. The van der Waals surface area contributed by atoms with Gasteiger partial charge in [-0.25, -0.2) is 4.98 Å². The van der Waals surface area contributed by atoms with Crippen LogP contribution in [0.25, 0.3) is 0 Å². The number of hydrogen-bond donors (Lipinski definition) is 1. The summed E-state index contributed by atoms with van der Waals surface area (Å²) in [5, 5.41) is 4.10. The normalized spacial score (nSPS) is 20.6. The Labute approximate surface area is 122 Å². The van der Waals surface area contributed by atoms with Crippen molar-refractivity contribution >= 4 is 23.1 Å². The summed E-state index contributed by atoms with van der Waals surface area (Å²) in [5.74, 6) is 1.28. The molecular weight excluding hydrogens is 272 g/mol. The van der Waals surface area contributed by atoms with E-state index in [0.29, 0.717) is 5.25 Å². The summed E-state index contributed by atoms with van der Waals surface area (Å²) in [6.07, 6.45) is 3.44. The van der Waals surface area contributed by atoms with Gasteiger partial charge in [-0.05, 0) is 24.2 Å². The van der Waals surface area contributed by atoms with Gasteiger partial charge in [-0.2, -0.15) is 11.8 Å². The Morgan fingerprint density at radius 3 is 2.89 bits per heavy atom. The summed E-state index contributed by atoms with van der Waals surface area (Å²) in [5.41, 5.74) is 8.58. The fourth-order valence-electron chi connectivity index (χ4n) is 2.38. The molecule has 1 aromatic carbocycles. The van der Waals surface area contributed by atoms with E-state index in [0.717, 1.165) is 12.1 Å². The van der Waals surface area contributed by atoms with Gasteiger partial charge in [0.2, 0.25) is 0 Å². The quantitative estimate of drug-likeness (QED) is 0.926. The highest BCUT2D eigenvalue weighted by molar-refractivity contribution is 7.99. The Hall–Kier alpha value is -0.840. The minimum absolute atomic E-state index is 0.0485. The highest BCUT2D eigenvalue weighted by Crippen LogP contribution is 2.41. The van der Waals surface area contributed by atoms with Crippen LogP contribution in [-0.4, -0.2) is 10.7 Å². The smallest absolute Gasteiger partial charge is 0.106 e. The van der Waals surface area contributed by atoms with Crippen LogP contribution in [0.2, 0.25) is 0 Å². The van der Waals surface area contributed by atoms with Crippen LogP contribution in [0.4, 0.5) is 0 Å². The van der Waals surface area contributed by atoms with E-state index < -0.39 is 0 Å². The van der Waals surface area contributed by atoms with Gasteiger partial charge in [0.25, 0.3) is 0 Å². The maximum Gasteiger partial charge on any atom is 0.106 e. The average Bonchev–Trinajstić information content (AvgIpc) is 3.10. The van der Waals surface area contributed by atoms with Crippen LogP contribution in [-0.2, 0) is 6.42 Å². The molecule has 1 aromatic heterocycles. The molecule has 2 atom stereocenters. The van der Waals surface area contributed by atoms with E-state index in [-0.39, 0.29) is 6.04 Å².